The van der Waals surface area contributed by atoms with Crippen molar-refractivity contribution >= 4 is 22.4 Å². The molecule has 38 heavy (non-hydrogen) atoms. The Labute approximate surface area is 222 Å². The smallest absolute Gasteiger partial charge is 0.269 e. The Morgan fingerprint density at radius 3 is 2.66 bits per heavy atom. The summed E-state index contributed by atoms with van der Waals surface area (Å²) in [4.78, 5) is 36.6. The van der Waals surface area contributed by atoms with Gasteiger partial charge < -0.3 is 9.88 Å². The van der Waals surface area contributed by atoms with Crippen LogP contribution in [0, 0.1) is 10.1 Å². The lowest BCUT2D eigenvalue weighted by Crippen LogP contribution is -2.54. The van der Waals surface area contributed by atoms with Gasteiger partial charge in [-0.1, -0.05) is 68.3 Å². The second kappa shape index (κ2) is 11.6. The number of H-pyrrole nitrogens is 1. The Bertz CT molecular complexity index is 1410. The van der Waals surface area contributed by atoms with Crippen LogP contribution in [0.3, 0.4) is 0 Å². The van der Waals surface area contributed by atoms with Crippen LogP contribution in [0.2, 0.25) is 0 Å². The van der Waals surface area contributed by atoms with E-state index in [0.717, 1.165) is 59.2 Å². The fourth-order valence-corrected chi connectivity index (χ4v) is 5.31. The predicted molar refractivity (Wildman–Crippen MR) is 148 cm³/mol. The molecule has 0 radical (unpaired) electrons. The number of unbranched alkanes of at least 4 members (excludes halogenated alkanes) is 1. The van der Waals surface area contributed by atoms with Crippen LogP contribution in [0.1, 0.15) is 53.6 Å². The molecule has 2 heterocycles. The predicted octanol–water partition coefficient (Wildman–Crippen LogP) is 5.58. The number of rotatable bonds is 9. The van der Waals surface area contributed by atoms with Gasteiger partial charge in [-0.3, -0.25) is 19.8 Å². The van der Waals surface area contributed by atoms with E-state index in [1.54, 1.807) is 12.1 Å². The molecule has 4 aromatic rings. The lowest BCUT2D eigenvalue weighted by atomic mass is 10.0. The highest BCUT2D eigenvalue weighted by atomic mass is 16.6. The molecule has 1 fully saturated rings. The van der Waals surface area contributed by atoms with E-state index < -0.39 is 0 Å². The molecule has 0 saturated carbocycles. The summed E-state index contributed by atoms with van der Waals surface area (Å²) < 4.78 is 0. The van der Waals surface area contributed by atoms with Crippen molar-refractivity contribution in [2.75, 3.05) is 19.6 Å². The van der Waals surface area contributed by atoms with Crippen LogP contribution in [0.25, 0.3) is 10.8 Å². The van der Waals surface area contributed by atoms with Gasteiger partial charge in [0.25, 0.3) is 11.6 Å². The SMILES string of the molecule is CCCC[C@H]1CN(C(=O)c2cccc3ccccc23)CCN1Cc1ncc(Cc2ccc([N+](=O)[O-])cc2)[nH]1. The molecule has 3 aromatic carbocycles. The number of amides is 1. The van der Waals surface area contributed by atoms with Crippen molar-refractivity contribution in [3.63, 3.8) is 0 Å². The van der Waals surface area contributed by atoms with Gasteiger partial charge in [0.2, 0.25) is 0 Å². The number of carbonyl (C=O) groups is 1. The first-order chi connectivity index (χ1) is 18.5. The van der Waals surface area contributed by atoms with Crippen LogP contribution in [0.5, 0.6) is 0 Å². The van der Waals surface area contributed by atoms with E-state index in [1.165, 1.54) is 12.1 Å². The van der Waals surface area contributed by atoms with Gasteiger partial charge in [0.15, 0.2) is 0 Å². The van der Waals surface area contributed by atoms with Crippen molar-refractivity contribution in [1.29, 1.82) is 0 Å². The Hall–Kier alpha value is -4.04. The van der Waals surface area contributed by atoms with Crippen molar-refractivity contribution in [3.8, 4) is 0 Å². The number of nitro groups is 1. The minimum Gasteiger partial charge on any atom is -0.345 e. The molecular formula is C30H33N5O3. The summed E-state index contributed by atoms with van der Waals surface area (Å²) in [6.07, 6.45) is 5.74. The van der Waals surface area contributed by atoms with Gasteiger partial charge in [0.05, 0.1) is 11.5 Å². The van der Waals surface area contributed by atoms with Gasteiger partial charge in [-0.05, 0) is 28.8 Å². The van der Waals surface area contributed by atoms with E-state index in [2.05, 4.69) is 21.8 Å². The first-order valence-corrected chi connectivity index (χ1v) is 13.3. The van der Waals surface area contributed by atoms with Gasteiger partial charge in [-0.15, -0.1) is 0 Å². The molecule has 8 nitrogen and oxygen atoms in total. The third-order valence-corrected chi connectivity index (χ3v) is 7.38. The number of benzene rings is 3. The molecule has 5 rings (SSSR count). The van der Waals surface area contributed by atoms with Crippen LogP contribution in [-0.4, -0.2) is 56.3 Å². The molecule has 1 aliphatic heterocycles. The normalized spacial score (nSPS) is 16.1. The Morgan fingerprint density at radius 2 is 1.87 bits per heavy atom. The summed E-state index contributed by atoms with van der Waals surface area (Å²) in [6, 6.07) is 20.9. The number of hydrogen-bond donors (Lipinski definition) is 1. The van der Waals surface area contributed by atoms with Crippen LogP contribution in [0.4, 0.5) is 5.69 Å². The standard InChI is InChI=1S/C30H33N5O3/c1-2-3-9-26-20-34(30(36)28-11-6-8-23-7-4-5-10-27(23)28)17-16-33(26)21-29-31-19-24(32-29)18-22-12-14-25(15-13-22)35(37)38/h4-8,10-15,19,26H,2-3,9,16-18,20-21H2,1H3,(H,31,32)/t26-/m0/s1. The molecule has 1 aromatic heterocycles. The highest BCUT2D eigenvalue weighted by molar-refractivity contribution is 6.07. The summed E-state index contributed by atoms with van der Waals surface area (Å²) >= 11 is 0. The zero-order chi connectivity index (χ0) is 26.5. The summed E-state index contributed by atoms with van der Waals surface area (Å²) in [6.45, 7) is 5.08. The quantitative estimate of drug-likeness (QED) is 0.234. The van der Waals surface area contributed by atoms with Crippen molar-refractivity contribution in [3.05, 3.63) is 106 Å². The molecular weight excluding hydrogens is 478 g/mol. The number of aromatic nitrogens is 2. The lowest BCUT2D eigenvalue weighted by Gasteiger charge is -2.41. The van der Waals surface area contributed by atoms with E-state index in [0.29, 0.717) is 26.1 Å². The third-order valence-electron chi connectivity index (χ3n) is 7.38. The molecule has 1 amide bonds. The number of carbonyl (C=O) groups excluding carboxylic acids is 1. The molecule has 1 aliphatic rings. The first-order valence-electron chi connectivity index (χ1n) is 13.3. The number of fused-ring (bicyclic) bond motifs is 1. The minimum absolute atomic E-state index is 0.0928. The highest BCUT2D eigenvalue weighted by Gasteiger charge is 2.30. The highest BCUT2D eigenvalue weighted by Crippen LogP contribution is 2.24. The van der Waals surface area contributed by atoms with Crippen molar-refractivity contribution in [1.82, 2.24) is 19.8 Å². The second-order valence-corrected chi connectivity index (χ2v) is 10.00. The molecule has 0 bridgehead atoms. The Kier molecular flexibility index (Phi) is 7.79. The number of non-ortho nitro benzene ring substituents is 1. The molecule has 8 heteroatoms. The number of aromatic amines is 1. The first kappa shape index (κ1) is 25.6. The van der Waals surface area contributed by atoms with Gasteiger partial charge in [0.1, 0.15) is 5.82 Å². The zero-order valence-electron chi connectivity index (χ0n) is 21.7. The number of piperazine rings is 1. The van der Waals surface area contributed by atoms with Gasteiger partial charge in [-0.2, -0.15) is 0 Å². The Balaban J connectivity index is 1.26. The van der Waals surface area contributed by atoms with Crippen molar-refractivity contribution in [2.24, 2.45) is 0 Å². The van der Waals surface area contributed by atoms with Gasteiger partial charge in [0, 0.05) is 61.7 Å². The van der Waals surface area contributed by atoms with E-state index in [1.807, 2.05) is 53.6 Å². The van der Waals surface area contributed by atoms with Crippen molar-refractivity contribution < 1.29 is 9.72 Å². The Morgan fingerprint density at radius 1 is 1.08 bits per heavy atom. The summed E-state index contributed by atoms with van der Waals surface area (Å²) in [5.41, 5.74) is 2.83. The van der Waals surface area contributed by atoms with Gasteiger partial charge >= 0.3 is 0 Å². The number of nitrogens with one attached hydrogen (secondary N) is 1. The van der Waals surface area contributed by atoms with Crippen LogP contribution in [0.15, 0.2) is 72.9 Å². The largest absolute Gasteiger partial charge is 0.345 e. The zero-order valence-corrected chi connectivity index (χ0v) is 21.7. The van der Waals surface area contributed by atoms with E-state index >= 15 is 0 Å². The molecule has 0 spiro atoms. The lowest BCUT2D eigenvalue weighted by molar-refractivity contribution is -0.384. The van der Waals surface area contributed by atoms with Gasteiger partial charge in [-0.25, -0.2) is 4.98 Å². The summed E-state index contributed by atoms with van der Waals surface area (Å²) in [5.74, 6) is 1.00. The molecule has 1 saturated heterocycles. The maximum atomic E-state index is 13.6. The van der Waals surface area contributed by atoms with E-state index in [4.69, 9.17) is 0 Å². The van der Waals surface area contributed by atoms with Crippen LogP contribution >= 0.6 is 0 Å². The average Bonchev–Trinajstić information content (AvgIpc) is 3.38. The third kappa shape index (κ3) is 5.75. The number of nitro benzene ring substituents is 1. The number of imidazole rings is 1. The summed E-state index contributed by atoms with van der Waals surface area (Å²) in [7, 11) is 0. The maximum absolute atomic E-state index is 13.6. The fraction of sp³-hybridized carbons (Fsp3) is 0.333. The monoisotopic (exact) mass is 511 g/mol. The minimum atomic E-state index is -0.386. The number of hydrogen-bond acceptors (Lipinski definition) is 5. The van der Waals surface area contributed by atoms with E-state index in [-0.39, 0.29) is 22.6 Å². The van der Waals surface area contributed by atoms with Crippen LogP contribution < -0.4 is 0 Å². The molecule has 0 unspecified atom stereocenters. The topological polar surface area (TPSA) is 95.4 Å². The molecule has 0 aliphatic carbocycles. The van der Waals surface area contributed by atoms with Crippen LogP contribution in [-0.2, 0) is 13.0 Å². The van der Waals surface area contributed by atoms with E-state index in [9.17, 15) is 14.9 Å². The fourth-order valence-electron chi connectivity index (χ4n) is 5.31. The maximum Gasteiger partial charge on any atom is 0.269 e. The second-order valence-electron chi connectivity index (χ2n) is 10.00. The molecule has 1 N–H and O–H groups in total. The summed E-state index contributed by atoms with van der Waals surface area (Å²) in [5, 5.41) is 13.0. The number of nitrogens with zero attached hydrogens (tertiary/aromatic N) is 4. The van der Waals surface area contributed by atoms with Crippen molar-refractivity contribution in [2.45, 2.75) is 45.2 Å². The molecule has 1 atom stereocenters. The molecule has 196 valence electrons. The average molecular weight is 512 g/mol.